The number of fused-ring (bicyclic) bond motifs is 1. The predicted molar refractivity (Wildman–Crippen MR) is 197 cm³/mol. The third-order valence-corrected chi connectivity index (χ3v) is 10.4. The largest absolute Gasteiger partial charge is 0.362 e. The summed E-state index contributed by atoms with van der Waals surface area (Å²) in [5.74, 6) is -0.180. The summed E-state index contributed by atoms with van der Waals surface area (Å²) in [7, 11) is 0. The monoisotopic (exact) mass is 671 g/mol. The highest BCUT2D eigenvalue weighted by Crippen LogP contribution is 2.30. The van der Waals surface area contributed by atoms with Crippen molar-refractivity contribution in [3.63, 3.8) is 0 Å². The van der Waals surface area contributed by atoms with Crippen LogP contribution in [0.15, 0.2) is 48.5 Å². The van der Waals surface area contributed by atoms with Crippen molar-refractivity contribution in [2.24, 2.45) is 10.8 Å². The average molecular weight is 672 g/mol. The van der Waals surface area contributed by atoms with Crippen LogP contribution in [0.5, 0.6) is 0 Å². The molecular weight excluding hydrogens is 610 g/mol. The first-order valence-corrected chi connectivity index (χ1v) is 18.7. The van der Waals surface area contributed by atoms with Crippen LogP contribution >= 0.6 is 0 Å². The van der Waals surface area contributed by atoms with Gasteiger partial charge in [-0.15, -0.1) is 5.10 Å². The molecule has 0 aliphatic heterocycles. The number of nitrogens with zero attached hydrogens (tertiary/aromatic N) is 3. The number of hydrogen-bond acceptors (Lipinski definition) is 5. The van der Waals surface area contributed by atoms with E-state index in [9.17, 15) is 9.59 Å². The lowest BCUT2D eigenvalue weighted by Crippen LogP contribution is -2.28. The third kappa shape index (κ3) is 12.4. The Morgan fingerprint density at radius 1 is 0.857 bits per heavy atom. The van der Waals surface area contributed by atoms with E-state index in [4.69, 9.17) is 4.74 Å². The summed E-state index contributed by atoms with van der Waals surface area (Å²) in [6.07, 6.45) is 12.2. The Morgan fingerprint density at radius 2 is 1.55 bits per heavy atom. The number of hydrogen-bond donors (Lipinski definition) is 2. The Bertz CT molecular complexity index is 1460. The molecule has 1 unspecified atom stereocenters. The van der Waals surface area contributed by atoms with Gasteiger partial charge in [0.15, 0.2) is 0 Å². The van der Waals surface area contributed by atoms with Crippen molar-refractivity contribution >= 4 is 11.8 Å². The molecule has 0 saturated carbocycles. The summed E-state index contributed by atoms with van der Waals surface area (Å²) >= 11 is 0. The fourth-order valence-corrected chi connectivity index (χ4v) is 6.32. The lowest BCUT2D eigenvalue weighted by atomic mass is 9.83. The Morgan fingerprint density at radius 3 is 2.27 bits per heavy atom. The van der Waals surface area contributed by atoms with E-state index < -0.39 is 0 Å². The second kappa shape index (κ2) is 18.5. The number of carbonyl (C=O) groups is 2. The predicted octanol–water partition coefficient (Wildman–Crippen LogP) is 8.33. The summed E-state index contributed by atoms with van der Waals surface area (Å²) in [5.41, 5.74) is 6.97. The summed E-state index contributed by atoms with van der Waals surface area (Å²) < 4.78 is 8.13. The molecular formula is C41H61N5O3. The van der Waals surface area contributed by atoms with E-state index in [2.05, 4.69) is 98.9 Å². The molecule has 49 heavy (non-hydrogen) atoms. The summed E-state index contributed by atoms with van der Waals surface area (Å²) in [4.78, 5) is 25.5. The molecule has 1 aromatic heterocycles. The molecule has 0 spiro atoms. The smallest absolute Gasteiger partial charge is 0.251 e. The van der Waals surface area contributed by atoms with Crippen molar-refractivity contribution in [2.45, 2.75) is 138 Å². The van der Waals surface area contributed by atoms with Crippen molar-refractivity contribution in [2.75, 3.05) is 13.2 Å². The molecule has 2 aromatic carbocycles. The highest BCUT2D eigenvalue weighted by atomic mass is 16.5. The number of carbonyl (C=O) groups excluding carboxylic acids is 2. The van der Waals surface area contributed by atoms with Gasteiger partial charge in [0, 0.05) is 25.2 Å². The zero-order chi connectivity index (χ0) is 35.3. The molecule has 8 nitrogen and oxygen atoms in total. The van der Waals surface area contributed by atoms with E-state index >= 15 is 0 Å². The zero-order valence-electron chi connectivity index (χ0n) is 31.1. The molecule has 2 amide bonds. The van der Waals surface area contributed by atoms with Crippen LogP contribution in [-0.2, 0) is 41.9 Å². The lowest BCUT2D eigenvalue weighted by molar-refractivity contribution is -0.128. The van der Waals surface area contributed by atoms with E-state index in [0.717, 1.165) is 81.2 Å². The summed E-state index contributed by atoms with van der Waals surface area (Å²) in [5, 5.41) is 15.1. The summed E-state index contributed by atoms with van der Waals surface area (Å²) in [6, 6.07) is 16.6. The fourth-order valence-electron chi connectivity index (χ4n) is 6.32. The van der Waals surface area contributed by atoms with Crippen LogP contribution in [0.25, 0.3) is 0 Å². The van der Waals surface area contributed by atoms with E-state index in [0.29, 0.717) is 30.6 Å². The van der Waals surface area contributed by atoms with Crippen molar-refractivity contribution < 1.29 is 14.3 Å². The van der Waals surface area contributed by atoms with Gasteiger partial charge >= 0.3 is 0 Å². The van der Waals surface area contributed by atoms with E-state index in [1.54, 1.807) is 0 Å². The van der Waals surface area contributed by atoms with Crippen LogP contribution in [0.4, 0.5) is 0 Å². The van der Waals surface area contributed by atoms with Gasteiger partial charge in [0.25, 0.3) is 5.91 Å². The zero-order valence-corrected chi connectivity index (χ0v) is 31.1. The molecule has 1 atom stereocenters. The van der Waals surface area contributed by atoms with Crippen LogP contribution in [0.3, 0.4) is 0 Å². The number of ether oxygens (including phenoxy) is 1. The second-order valence-electron chi connectivity index (χ2n) is 15.5. The minimum absolute atomic E-state index is 0.0101. The number of nitrogens with one attached hydrogen (secondary N) is 2. The van der Waals surface area contributed by atoms with Gasteiger partial charge in [-0.1, -0.05) is 109 Å². The Labute approximate surface area is 295 Å². The second-order valence-corrected chi connectivity index (χ2v) is 15.5. The third-order valence-electron chi connectivity index (χ3n) is 10.4. The highest BCUT2D eigenvalue weighted by Gasteiger charge is 2.25. The Balaban J connectivity index is 1.21. The molecule has 1 aliphatic carbocycles. The average Bonchev–Trinajstić information content (AvgIpc) is 3.47. The maximum absolute atomic E-state index is 12.8. The molecule has 2 N–H and O–H groups in total. The van der Waals surface area contributed by atoms with Gasteiger partial charge in [-0.05, 0) is 91.0 Å². The normalized spacial score (nSPS) is 15.3. The van der Waals surface area contributed by atoms with E-state index in [1.807, 2.05) is 16.8 Å². The van der Waals surface area contributed by atoms with Crippen molar-refractivity contribution in [1.82, 2.24) is 25.6 Å². The van der Waals surface area contributed by atoms with Gasteiger partial charge in [-0.25, -0.2) is 4.68 Å². The SMILES string of the molecule is CCC(C)(C)CCCc1ccc(C(=O)NCCCn2nnc3c2CCCCCC3OCC(=O)NCc2ccc(CC(C)(C)CC)cc2)cc1. The maximum atomic E-state index is 12.8. The molecule has 0 bridgehead atoms. The number of benzene rings is 2. The standard InChI is InChI=1S/C41H61N5O3/c1-7-40(3,4)25-12-14-31-21-23-34(24-22-31)39(48)42-26-13-27-46-35-15-10-9-11-16-36(38(35)44-45-46)49-30-37(47)43-29-33-19-17-32(18-20-33)28-41(5,6)8-2/h17-24,36H,7-16,25-30H2,1-6H3,(H,42,48)(H,43,47). The van der Waals surface area contributed by atoms with Crippen LogP contribution in [-0.4, -0.2) is 40.0 Å². The van der Waals surface area contributed by atoms with Crippen molar-refractivity contribution in [3.8, 4) is 0 Å². The maximum Gasteiger partial charge on any atom is 0.251 e. The molecule has 4 rings (SSSR count). The lowest BCUT2D eigenvalue weighted by Gasteiger charge is -2.22. The van der Waals surface area contributed by atoms with E-state index in [1.165, 1.54) is 24.0 Å². The molecule has 1 heterocycles. The molecule has 8 heteroatoms. The first-order valence-electron chi connectivity index (χ1n) is 18.7. The van der Waals surface area contributed by atoms with Crippen molar-refractivity contribution in [1.29, 1.82) is 0 Å². The molecule has 268 valence electrons. The van der Waals surface area contributed by atoms with Gasteiger partial charge in [-0.3, -0.25) is 9.59 Å². The number of rotatable bonds is 18. The van der Waals surface area contributed by atoms with Gasteiger partial charge in [0.1, 0.15) is 18.4 Å². The fraction of sp³-hybridized carbons (Fsp3) is 0.610. The minimum atomic E-state index is -0.253. The van der Waals surface area contributed by atoms with Gasteiger partial charge in [-0.2, -0.15) is 0 Å². The first kappa shape index (κ1) is 38.3. The quantitative estimate of drug-likeness (QED) is 0.133. The first-order chi connectivity index (χ1) is 23.5. The molecule has 0 fully saturated rings. The van der Waals surface area contributed by atoms with E-state index in [-0.39, 0.29) is 29.9 Å². The number of aryl methyl sites for hydroxylation is 2. The van der Waals surface area contributed by atoms with Crippen LogP contribution in [0, 0.1) is 10.8 Å². The number of aromatic nitrogens is 3. The topological polar surface area (TPSA) is 98.1 Å². The minimum Gasteiger partial charge on any atom is -0.362 e. The number of amides is 2. The van der Waals surface area contributed by atoms with Crippen LogP contribution < -0.4 is 10.6 Å². The van der Waals surface area contributed by atoms with Crippen molar-refractivity contribution in [3.05, 3.63) is 82.2 Å². The van der Waals surface area contributed by atoms with Crippen LogP contribution in [0.2, 0.25) is 0 Å². The summed E-state index contributed by atoms with van der Waals surface area (Å²) in [6.45, 7) is 15.4. The van der Waals surface area contributed by atoms with Crippen LogP contribution in [0.1, 0.15) is 144 Å². The van der Waals surface area contributed by atoms with Gasteiger partial charge in [0.05, 0.1) is 5.69 Å². The molecule has 0 radical (unpaired) electrons. The van der Waals surface area contributed by atoms with Gasteiger partial charge < -0.3 is 15.4 Å². The Hall–Kier alpha value is -3.52. The highest BCUT2D eigenvalue weighted by molar-refractivity contribution is 5.94. The molecule has 1 aliphatic rings. The van der Waals surface area contributed by atoms with Gasteiger partial charge in [0.2, 0.25) is 5.91 Å². The Kier molecular flexibility index (Phi) is 14.4. The molecule has 0 saturated heterocycles. The molecule has 3 aromatic rings.